The number of hydrogen-bond acceptors (Lipinski definition) is 4. The summed E-state index contributed by atoms with van der Waals surface area (Å²) in [7, 11) is -4.48. The van der Waals surface area contributed by atoms with Crippen LogP contribution in [-0.4, -0.2) is 40.6 Å². The normalized spacial score (nSPS) is 15.6. The van der Waals surface area contributed by atoms with E-state index >= 15 is 0 Å². The van der Waals surface area contributed by atoms with Gasteiger partial charge in [0.25, 0.3) is 0 Å². The second-order valence-corrected chi connectivity index (χ2v) is 4.89. The van der Waals surface area contributed by atoms with E-state index in [1.807, 2.05) is 0 Å². The van der Waals surface area contributed by atoms with Crippen LogP contribution in [0.4, 0.5) is 0 Å². The summed E-state index contributed by atoms with van der Waals surface area (Å²) in [4.78, 5) is 28.3. The van der Waals surface area contributed by atoms with Crippen LogP contribution in [0, 0.1) is 5.41 Å². The third-order valence-electron chi connectivity index (χ3n) is 2.32. The zero-order valence-electron chi connectivity index (χ0n) is 9.34. The van der Waals surface area contributed by atoms with E-state index in [1.54, 1.807) is 13.8 Å². The number of rotatable bonds is 7. The molecule has 0 aromatic rings. The molecule has 0 saturated carbocycles. The monoisotopic (exact) mass is 255 g/mol. The molecule has 4 N–H and O–H groups in total. The molecular weight excluding hydrogens is 237 g/mol. The van der Waals surface area contributed by atoms with Crippen molar-refractivity contribution in [2.75, 3.05) is 19.8 Å². The van der Waals surface area contributed by atoms with Crippen LogP contribution in [0.3, 0.4) is 0 Å². The van der Waals surface area contributed by atoms with Crippen LogP contribution in [0.25, 0.3) is 0 Å². The van der Waals surface area contributed by atoms with Gasteiger partial charge in [0.05, 0.1) is 18.6 Å². The Morgan fingerprint density at radius 1 is 1.50 bits per heavy atom. The van der Waals surface area contributed by atoms with Crippen molar-refractivity contribution in [2.24, 2.45) is 5.41 Å². The van der Waals surface area contributed by atoms with E-state index in [-0.39, 0.29) is 25.7 Å². The highest BCUT2D eigenvalue weighted by Crippen LogP contribution is 2.35. The van der Waals surface area contributed by atoms with Crippen LogP contribution in [0.5, 0.6) is 0 Å². The third-order valence-corrected chi connectivity index (χ3v) is 2.84. The van der Waals surface area contributed by atoms with Gasteiger partial charge in [0.1, 0.15) is 0 Å². The lowest BCUT2D eigenvalue weighted by atomic mass is 9.87. The minimum atomic E-state index is -4.48. The van der Waals surface area contributed by atoms with Gasteiger partial charge in [-0.2, -0.15) is 0 Å². The number of amides is 1. The first-order valence-corrected chi connectivity index (χ1v) is 6.37. The SMILES string of the molecule is CCC(C)(CO)C(=O)NCCOP(=O)(O)O. The van der Waals surface area contributed by atoms with E-state index in [4.69, 9.17) is 14.9 Å². The van der Waals surface area contributed by atoms with Crippen LogP contribution in [0.15, 0.2) is 0 Å². The molecule has 1 unspecified atom stereocenters. The highest BCUT2D eigenvalue weighted by Gasteiger charge is 2.30. The first-order valence-electron chi connectivity index (χ1n) is 4.84. The van der Waals surface area contributed by atoms with Gasteiger partial charge in [0.15, 0.2) is 0 Å². The molecule has 0 aliphatic rings. The Balaban J connectivity index is 3.95. The zero-order chi connectivity index (χ0) is 12.8. The predicted octanol–water partition coefficient (Wildman–Crippen LogP) is -0.380. The molecule has 7 nitrogen and oxygen atoms in total. The summed E-state index contributed by atoms with van der Waals surface area (Å²) in [5, 5.41) is 11.5. The molecule has 0 bridgehead atoms. The fourth-order valence-corrected chi connectivity index (χ4v) is 1.22. The van der Waals surface area contributed by atoms with Gasteiger partial charge >= 0.3 is 7.82 Å². The fourth-order valence-electron chi connectivity index (χ4n) is 0.887. The van der Waals surface area contributed by atoms with Gasteiger partial charge in [0, 0.05) is 6.54 Å². The van der Waals surface area contributed by atoms with E-state index < -0.39 is 13.2 Å². The van der Waals surface area contributed by atoms with Crippen molar-refractivity contribution in [1.29, 1.82) is 0 Å². The summed E-state index contributed by atoms with van der Waals surface area (Å²) in [6, 6.07) is 0. The molecule has 0 heterocycles. The maximum Gasteiger partial charge on any atom is 0.469 e. The number of aliphatic hydroxyl groups excluding tert-OH is 1. The number of phosphoric acid groups is 1. The summed E-state index contributed by atoms with van der Waals surface area (Å²) in [6.45, 7) is 2.80. The molecule has 0 saturated heterocycles. The molecule has 0 fully saturated rings. The van der Waals surface area contributed by atoms with Crippen molar-refractivity contribution >= 4 is 13.7 Å². The maximum absolute atomic E-state index is 11.5. The summed E-state index contributed by atoms with van der Waals surface area (Å²) in [5.41, 5.74) is -0.873. The van der Waals surface area contributed by atoms with Crippen LogP contribution in [0.2, 0.25) is 0 Å². The summed E-state index contributed by atoms with van der Waals surface area (Å²) >= 11 is 0. The van der Waals surface area contributed by atoms with Crippen LogP contribution in [-0.2, 0) is 13.9 Å². The van der Waals surface area contributed by atoms with E-state index in [1.165, 1.54) is 0 Å². The molecule has 0 aromatic carbocycles. The lowest BCUT2D eigenvalue weighted by molar-refractivity contribution is -0.132. The lowest BCUT2D eigenvalue weighted by Gasteiger charge is -2.24. The Morgan fingerprint density at radius 2 is 2.06 bits per heavy atom. The predicted molar refractivity (Wildman–Crippen MR) is 56.5 cm³/mol. The number of carbonyl (C=O) groups is 1. The molecule has 0 aromatic heterocycles. The largest absolute Gasteiger partial charge is 0.469 e. The van der Waals surface area contributed by atoms with E-state index in [9.17, 15) is 9.36 Å². The molecule has 8 heteroatoms. The second kappa shape index (κ2) is 6.32. The van der Waals surface area contributed by atoms with E-state index in [0.29, 0.717) is 6.42 Å². The van der Waals surface area contributed by atoms with Crippen molar-refractivity contribution in [2.45, 2.75) is 20.3 Å². The number of nitrogens with one attached hydrogen (secondary N) is 1. The van der Waals surface area contributed by atoms with Crippen molar-refractivity contribution in [3.05, 3.63) is 0 Å². The van der Waals surface area contributed by atoms with Gasteiger partial charge in [-0.05, 0) is 13.3 Å². The minimum absolute atomic E-state index is 0.0144. The minimum Gasteiger partial charge on any atom is -0.395 e. The van der Waals surface area contributed by atoms with E-state index in [0.717, 1.165) is 0 Å². The highest BCUT2D eigenvalue weighted by molar-refractivity contribution is 7.46. The first kappa shape index (κ1) is 15.5. The Labute approximate surface area is 94.1 Å². The summed E-state index contributed by atoms with van der Waals surface area (Å²) in [6.07, 6.45) is 0.467. The molecule has 0 radical (unpaired) electrons. The molecule has 96 valence electrons. The third kappa shape index (κ3) is 5.58. The Morgan fingerprint density at radius 3 is 2.44 bits per heavy atom. The van der Waals surface area contributed by atoms with Gasteiger partial charge in [-0.15, -0.1) is 0 Å². The number of carbonyl (C=O) groups excluding carboxylic acids is 1. The molecule has 0 aliphatic carbocycles. The number of aliphatic hydroxyl groups is 1. The molecule has 0 rings (SSSR count). The van der Waals surface area contributed by atoms with Gasteiger partial charge < -0.3 is 20.2 Å². The smallest absolute Gasteiger partial charge is 0.395 e. The molecule has 16 heavy (non-hydrogen) atoms. The standard InChI is InChI=1S/C8H18NO6P/c1-3-8(2,6-10)7(11)9-4-5-15-16(12,13)14/h10H,3-6H2,1-2H3,(H,9,11)(H2,12,13,14). The van der Waals surface area contributed by atoms with Crippen molar-refractivity contribution in [3.8, 4) is 0 Å². The van der Waals surface area contributed by atoms with Crippen molar-refractivity contribution < 1.29 is 28.8 Å². The maximum atomic E-state index is 11.5. The average Bonchev–Trinajstić information content (AvgIpc) is 2.21. The molecule has 1 amide bonds. The number of phosphoric ester groups is 1. The van der Waals surface area contributed by atoms with Crippen molar-refractivity contribution in [3.63, 3.8) is 0 Å². The Hall–Kier alpha value is -0.460. The van der Waals surface area contributed by atoms with Gasteiger partial charge in [-0.3, -0.25) is 9.32 Å². The summed E-state index contributed by atoms with van der Waals surface area (Å²) < 4.78 is 14.5. The topological polar surface area (TPSA) is 116 Å². The number of hydrogen-bond donors (Lipinski definition) is 4. The zero-order valence-corrected chi connectivity index (χ0v) is 10.2. The quantitative estimate of drug-likeness (QED) is 0.364. The van der Waals surface area contributed by atoms with Gasteiger partial charge in [-0.25, -0.2) is 4.57 Å². The average molecular weight is 255 g/mol. The Kier molecular flexibility index (Phi) is 6.14. The molecule has 1 atom stereocenters. The molecular formula is C8H18NO6P. The lowest BCUT2D eigenvalue weighted by Crippen LogP contribution is -2.42. The summed E-state index contributed by atoms with van der Waals surface area (Å²) in [5.74, 6) is -0.369. The fraction of sp³-hybridized carbons (Fsp3) is 0.875. The van der Waals surface area contributed by atoms with Gasteiger partial charge in [-0.1, -0.05) is 6.92 Å². The highest BCUT2D eigenvalue weighted by atomic mass is 31.2. The molecule has 0 spiro atoms. The van der Waals surface area contributed by atoms with Crippen LogP contribution < -0.4 is 5.32 Å². The second-order valence-electron chi connectivity index (χ2n) is 3.65. The van der Waals surface area contributed by atoms with Crippen LogP contribution >= 0.6 is 7.82 Å². The molecule has 0 aliphatic heterocycles. The van der Waals surface area contributed by atoms with E-state index in [2.05, 4.69) is 9.84 Å². The Bertz CT molecular complexity index is 272. The van der Waals surface area contributed by atoms with Crippen molar-refractivity contribution in [1.82, 2.24) is 5.32 Å². The first-order chi connectivity index (χ1) is 7.25. The van der Waals surface area contributed by atoms with Gasteiger partial charge in [0.2, 0.25) is 5.91 Å². The van der Waals surface area contributed by atoms with Crippen LogP contribution in [0.1, 0.15) is 20.3 Å².